The van der Waals surface area contributed by atoms with Crippen molar-refractivity contribution in [1.82, 2.24) is 5.06 Å². The molecule has 0 saturated carbocycles. The number of hydrogen-bond donors (Lipinski definition) is 0. The van der Waals surface area contributed by atoms with Crippen LogP contribution in [0.3, 0.4) is 0 Å². The predicted molar refractivity (Wildman–Crippen MR) is 87.6 cm³/mol. The predicted octanol–water partition coefficient (Wildman–Crippen LogP) is 5.29. The van der Waals surface area contributed by atoms with Gasteiger partial charge in [-0.05, 0) is 44.9 Å². The van der Waals surface area contributed by atoms with E-state index >= 15 is 0 Å². The molecule has 1 aromatic rings. The first-order valence-corrected chi connectivity index (χ1v) is 7.89. The Kier molecular flexibility index (Phi) is 6.35. The molecule has 0 heterocycles. The van der Waals surface area contributed by atoms with E-state index in [1.807, 2.05) is 34.6 Å². The minimum Gasteiger partial charge on any atom is -0.442 e. The van der Waals surface area contributed by atoms with Gasteiger partial charge >= 0.3 is 6.09 Å². The molecule has 4 nitrogen and oxygen atoms in total. The van der Waals surface area contributed by atoms with Gasteiger partial charge in [-0.1, -0.05) is 41.4 Å². The van der Waals surface area contributed by atoms with Crippen LogP contribution in [-0.2, 0) is 4.74 Å². The Hall–Kier alpha value is -0.940. The molecule has 21 heavy (non-hydrogen) atoms. The van der Waals surface area contributed by atoms with Crippen LogP contribution >= 0.6 is 27.5 Å². The largest absolute Gasteiger partial charge is 0.443 e. The van der Waals surface area contributed by atoms with E-state index in [-0.39, 0.29) is 5.92 Å². The fourth-order valence-electron chi connectivity index (χ4n) is 1.46. The van der Waals surface area contributed by atoms with Gasteiger partial charge < -0.3 is 9.57 Å². The maximum Gasteiger partial charge on any atom is 0.443 e. The lowest BCUT2D eigenvalue weighted by molar-refractivity contribution is -0.0776. The third kappa shape index (κ3) is 6.57. The van der Waals surface area contributed by atoms with Gasteiger partial charge in [0.15, 0.2) is 5.75 Å². The van der Waals surface area contributed by atoms with Gasteiger partial charge in [-0.3, -0.25) is 0 Å². The molecule has 0 aliphatic carbocycles. The molecule has 0 aromatic heterocycles. The second-order valence-corrected chi connectivity index (χ2v) is 7.42. The third-order valence-corrected chi connectivity index (χ3v) is 3.02. The first-order valence-electron chi connectivity index (χ1n) is 6.72. The van der Waals surface area contributed by atoms with Crippen LogP contribution in [0, 0.1) is 5.92 Å². The van der Waals surface area contributed by atoms with Crippen molar-refractivity contribution >= 4 is 33.6 Å². The summed E-state index contributed by atoms with van der Waals surface area (Å²) in [6.07, 6.45) is -0.532. The van der Waals surface area contributed by atoms with E-state index in [4.69, 9.17) is 21.2 Å². The zero-order valence-corrected chi connectivity index (χ0v) is 15.3. The van der Waals surface area contributed by atoms with Crippen LogP contribution in [0.2, 0.25) is 5.02 Å². The standard InChI is InChI=1S/C15H21BrClNO3/c1-10(2)9-18(14(19)20-15(3,4)5)21-13-7-6-11(16)8-12(13)17/h6-8,10H,9H2,1-5H3. The molecule has 118 valence electrons. The number of hydrogen-bond acceptors (Lipinski definition) is 3. The van der Waals surface area contributed by atoms with E-state index in [0.717, 1.165) is 4.47 Å². The molecule has 0 radical (unpaired) electrons. The van der Waals surface area contributed by atoms with E-state index in [9.17, 15) is 4.79 Å². The van der Waals surface area contributed by atoms with Crippen LogP contribution in [0.5, 0.6) is 5.75 Å². The average molecular weight is 379 g/mol. The summed E-state index contributed by atoms with van der Waals surface area (Å²) in [5, 5.41) is 1.62. The smallest absolute Gasteiger partial charge is 0.442 e. The molecule has 0 N–H and O–H groups in total. The molecule has 0 saturated heterocycles. The Morgan fingerprint density at radius 3 is 2.48 bits per heavy atom. The lowest BCUT2D eigenvalue weighted by atomic mass is 10.2. The molecular formula is C15H21BrClNO3. The normalized spacial score (nSPS) is 11.4. The lowest BCUT2D eigenvalue weighted by Crippen LogP contribution is -2.41. The van der Waals surface area contributed by atoms with Gasteiger partial charge in [-0.25, -0.2) is 4.79 Å². The SMILES string of the molecule is CC(C)CN(Oc1ccc(Br)cc1Cl)C(=O)OC(C)(C)C. The molecular weight excluding hydrogens is 358 g/mol. The Labute approximate surface area is 139 Å². The molecule has 0 atom stereocenters. The molecule has 0 aliphatic heterocycles. The summed E-state index contributed by atoms with van der Waals surface area (Å²) in [5.41, 5.74) is -0.584. The number of hydroxylamine groups is 2. The van der Waals surface area contributed by atoms with E-state index in [1.54, 1.807) is 18.2 Å². The van der Waals surface area contributed by atoms with Crippen LogP contribution < -0.4 is 4.84 Å². The molecule has 0 fully saturated rings. The minimum absolute atomic E-state index is 0.228. The highest BCUT2D eigenvalue weighted by molar-refractivity contribution is 9.10. The van der Waals surface area contributed by atoms with E-state index < -0.39 is 11.7 Å². The molecule has 0 spiro atoms. The zero-order chi connectivity index (χ0) is 16.2. The van der Waals surface area contributed by atoms with Gasteiger partial charge in [-0.15, -0.1) is 5.06 Å². The Balaban J connectivity index is 2.90. The van der Waals surface area contributed by atoms with Crippen molar-refractivity contribution in [2.45, 2.75) is 40.2 Å². The second-order valence-electron chi connectivity index (χ2n) is 6.10. The van der Waals surface area contributed by atoms with Crippen molar-refractivity contribution in [3.05, 3.63) is 27.7 Å². The van der Waals surface area contributed by atoms with Gasteiger partial charge in [0.1, 0.15) is 5.60 Å². The van der Waals surface area contributed by atoms with Crippen LogP contribution in [-0.4, -0.2) is 23.3 Å². The molecule has 1 rings (SSSR count). The fraction of sp³-hybridized carbons (Fsp3) is 0.533. The number of ether oxygens (including phenoxy) is 1. The van der Waals surface area contributed by atoms with Gasteiger partial charge in [-0.2, -0.15) is 0 Å². The first kappa shape index (κ1) is 18.1. The maximum absolute atomic E-state index is 12.2. The summed E-state index contributed by atoms with van der Waals surface area (Å²) in [6.45, 7) is 9.82. The molecule has 0 aliphatic rings. The molecule has 0 unspecified atom stereocenters. The summed E-state index contributed by atoms with van der Waals surface area (Å²) >= 11 is 9.44. The molecule has 0 bridgehead atoms. The fourth-order valence-corrected chi connectivity index (χ4v) is 2.17. The summed E-state index contributed by atoms with van der Waals surface area (Å²) in [4.78, 5) is 17.8. The molecule has 1 amide bonds. The van der Waals surface area contributed by atoms with Crippen LogP contribution in [0.25, 0.3) is 0 Å². The number of carbonyl (C=O) groups excluding carboxylic acids is 1. The summed E-state index contributed by atoms with van der Waals surface area (Å²) in [6, 6.07) is 5.20. The third-order valence-electron chi connectivity index (χ3n) is 2.23. The maximum atomic E-state index is 12.2. The Morgan fingerprint density at radius 2 is 2.00 bits per heavy atom. The zero-order valence-electron chi connectivity index (χ0n) is 12.9. The average Bonchev–Trinajstić information content (AvgIpc) is 2.28. The second kappa shape index (κ2) is 7.36. The highest BCUT2D eigenvalue weighted by atomic mass is 79.9. The lowest BCUT2D eigenvalue weighted by Gasteiger charge is -2.28. The van der Waals surface area contributed by atoms with E-state index in [1.165, 1.54) is 5.06 Å². The number of carbonyl (C=O) groups is 1. The van der Waals surface area contributed by atoms with Crippen molar-refractivity contribution in [2.24, 2.45) is 5.92 Å². The van der Waals surface area contributed by atoms with Crippen molar-refractivity contribution < 1.29 is 14.4 Å². The van der Waals surface area contributed by atoms with Crippen LogP contribution in [0.4, 0.5) is 4.79 Å². The van der Waals surface area contributed by atoms with E-state index in [2.05, 4.69) is 15.9 Å². The highest BCUT2D eigenvalue weighted by Crippen LogP contribution is 2.29. The first-order chi connectivity index (χ1) is 9.58. The van der Waals surface area contributed by atoms with Crippen LogP contribution in [0.15, 0.2) is 22.7 Å². The van der Waals surface area contributed by atoms with Crippen molar-refractivity contribution in [3.8, 4) is 5.75 Å². The monoisotopic (exact) mass is 377 g/mol. The Morgan fingerprint density at radius 1 is 1.38 bits per heavy atom. The van der Waals surface area contributed by atoms with E-state index in [0.29, 0.717) is 17.3 Å². The quantitative estimate of drug-likeness (QED) is 0.668. The molecule has 1 aromatic carbocycles. The summed E-state index contributed by atoms with van der Waals surface area (Å²) < 4.78 is 6.19. The van der Waals surface area contributed by atoms with Gasteiger partial charge in [0.25, 0.3) is 0 Å². The van der Waals surface area contributed by atoms with Gasteiger partial charge in [0, 0.05) is 4.47 Å². The topological polar surface area (TPSA) is 38.8 Å². The van der Waals surface area contributed by atoms with Gasteiger partial charge in [0.05, 0.1) is 11.6 Å². The van der Waals surface area contributed by atoms with Crippen molar-refractivity contribution in [1.29, 1.82) is 0 Å². The summed E-state index contributed by atoms with van der Waals surface area (Å²) in [7, 11) is 0. The van der Waals surface area contributed by atoms with Gasteiger partial charge in [0.2, 0.25) is 0 Å². The number of nitrogens with zero attached hydrogens (tertiary/aromatic N) is 1. The summed E-state index contributed by atoms with van der Waals surface area (Å²) in [5.74, 6) is 0.637. The number of benzene rings is 1. The number of halogens is 2. The van der Waals surface area contributed by atoms with Crippen molar-refractivity contribution in [2.75, 3.05) is 6.54 Å². The van der Waals surface area contributed by atoms with Crippen LogP contribution in [0.1, 0.15) is 34.6 Å². The number of amides is 1. The minimum atomic E-state index is -0.584. The molecule has 6 heteroatoms. The van der Waals surface area contributed by atoms with Crippen molar-refractivity contribution in [3.63, 3.8) is 0 Å². The number of rotatable bonds is 4. The highest BCUT2D eigenvalue weighted by Gasteiger charge is 2.25. The Bertz CT molecular complexity index is 500.